The standard InChI is InChI=1S/C22H19N5O9S2/c1-35-19-10-8-15(37(29,30)31)12-17(19)26-24-21(22(28)23-14-6-4-3-5-7-14)25-27(26)18-13-16(38(32,33)34)9-11-20(18)36-2/h3-13H,1-2H3,(H2-,23,28,29,30,31,32,33,34). The van der Waals surface area contributed by atoms with E-state index < -0.39 is 41.8 Å². The molecule has 4 rings (SSSR count). The first-order chi connectivity index (χ1) is 17.9. The van der Waals surface area contributed by atoms with Crippen molar-refractivity contribution in [3.8, 4) is 22.9 Å². The molecule has 0 bridgehead atoms. The second-order valence-electron chi connectivity index (χ2n) is 7.52. The maximum absolute atomic E-state index is 13.0. The fraction of sp³-hybridized carbons (Fsp3) is 0.0909. The number of carbonyl (C=O) groups excluding carboxylic acids is 1. The van der Waals surface area contributed by atoms with Gasteiger partial charge in [0.1, 0.15) is 10.1 Å². The number of para-hydroxylation sites is 1. The third-order valence-electron chi connectivity index (χ3n) is 5.11. The van der Waals surface area contributed by atoms with Crippen LogP contribution in [0.1, 0.15) is 10.6 Å². The molecule has 0 saturated heterocycles. The maximum atomic E-state index is 13.0. The van der Waals surface area contributed by atoms with Gasteiger partial charge in [0.05, 0.1) is 29.1 Å². The summed E-state index contributed by atoms with van der Waals surface area (Å²) in [4.78, 5) is 13.7. The van der Waals surface area contributed by atoms with Crippen LogP contribution < -0.4 is 19.6 Å². The molecule has 14 nitrogen and oxygen atoms in total. The molecule has 198 valence electrons. The van der Waals surface area contributed by atoms with Crippen LogP contribution in [0.25, 0.3) is 11.4 Å². The predicted molar refractivity (Wildman–Crippen MR) is 128 cm³/mol. The normalized spacial score (nSPS) is 11.7. The molecule has 2 N–H and O–H groups in total. The van der Waals surface area contributed by atoms with E-state index in [-0.39, 0.29) is 22.9 Å². The van der Waals surface area contributed by atoms with Crippen molar-refractivity contribution < 1.29 is 45.0 Å². The lowest BCUT2D eigenvalue weighted by atomic mass is 10.3. The van der Waals surface area contributed by atoms with Crippen molar-refractivity contribution >= 4 is 31.8 Å². The van der Waals surface area contributed by atoms with Gasteiger partial charge in [0, 0.05) is 21.6 Å². The Morgan fingerprint density at radius 2 is 1.58 bits per heavy atom. The molecular formula is C22H19N5O9S2. The minimum absolute atomic E-state index is 0.0240. The monoisotopic (exact) mass is 561 g/mol. The van der Waals surface area contributed by atoms with E-state index in [4.69, 9.17) is 9.47 Å². The van der Waals surface area contributed by atoms with Gasteiger partial charge in [0.2, 0.25) is 5.69 Å². The lowest BCUT2D eigenvalue weighted by Gasteiger charge is -2.11. The Bertz CT molecular complexity index is 1640. The summed E-state index contributed by atoms with van der Waals surface area (Å²) in [6.45, 7) is 0. The third kappa shape index (κ3) is 5.47. The number of ether oxygens (including phenoxy) is 2. The first kappa shape index (κ1) is 26.7. The molecular weight excluding hydrogens is 542 g/mol. The van der Waals surface area contributed by atoms with Crippen molar-refractivity contribution in [3.63, 3.8) is 0 Å². The molecule has 1 aromatic heterocycles. The van der Waals surface area contributed by atoms with Crippen LogP contribution in [0.3, 0.4) is 0 Å². The van der Waals surface area contributed by atoms with E-state index in [2.05, 4.69) is 15.5 Å². The number of amides is 1. The Morgan fingerprint density at radius 1 is 0.947 bits per heavy atom. The lowest BCUT2D eigenvalue weighted by molar-refractivity contribution is -0.735. The van der Waals surface area contributed by atoms with Crippen LogP contribution in [0.5, 0.6) is 11.5 Å². The summed E-state index contributed by atoms with van der Waals surface area (Å²) >= 11 is 0. The van der Waals surface area contributed by atoms with E-state index in [0.717, 1.165) is 33.9 Å². The molecule has 0 unspecified atom stereocenters. The molecule has 3 aromatic carbocycles. The first-order valence-electron chi connectivity index (χ1n) is 10.5. The van der Waals surface area contributed by atoms with Gasteiger partial charge in [-0.2, -0.15) is 8.42 Å². The van der Waals surface area contributed by atoms with Crippen molar-refractivity contribution in [1.82, 2.24) is 15.0 Å². The molecule has 0 radical (unpaired) electrons. The molecule has 0 atom stereocenters. The van der Waals surface area contributed by atoms with Gasteiger partial charge in [-0.25, -0.2) is 8.42 Å². The van der Waals surface area contributed by atoms with Gasteiger partial charge < -0.3 is 19.3 Å². The molecule has 0 aliphatic rings. The zero-order valence-electron chi connectivity index (χ0n) is 19.7. The quantitative estimate of drug-likeness (QED) is 0.230. The average Bonchev–Trinajstić information content (AvgIpc) is 3.33. The summed E-state index contributed by atoms with van der Waals surface area (Å²) in [6.07, 6.45) is 0. The van der Waals surface area contributed by atoms with Gasteiger partial charge in [-0.1, -0.05) is 18.2 Å². The minimum atomic E-state index is -4.92. The van der Waals surface area contributed by atoms with E-state index >= 15 is 0 Å². The molecule has 0 aliphatic carbocycles. The van der Waals surface area contributed by atoms with Crippen LogP contribution in [0.4, 0.5) is 5.69 Å². The van der Waals surface area contributed by atoms with Crippen LogP contribution in [0, 0.1) is 0 Å². The number of hydrogen-bond acceptors (Lipinski definition) is 10. The Morgan fingerprint density at radius 3 is 2.18 bits per heavy atom. The smallest absolute Gasteiger partial charge is 0.397 e. The molecule has 38 heavy (non-hydrogen) atoms. The van der Waals surface area contributed by atoms with Gasteiger partial charge in [-0.15, -0.1) is 0 Å². The highest BCUT2D eigenvalue weighted by molar-refractivity contribution is 7.86. The number of aromatic nitrogens is 4. The van der Waals surface area contributed by atoms with E-state index in [1.165, 1.54) is 26.4 Å². The highest BCUT2D eigenvalue weighted by Gasteiger charge is 2.32. The predicted octanol–water partition coefficient (Wildman–Crippen LogP) is 0.964. The molecule has 4 aromatic rings. The summed E-state index contributed by atoms with van der Waals surface area (Å²) in [5.74, 6) is -1.15. The lowest BCUT2D eigenvalue weighted by Crippen LogP contribution is -2.44. The van der Waals surface area contributed by atoms with Crippen molar-refractivity contribution in [2.75, 3.05) is 19.5 Å². The third-order valence-corrected chi connectivity index (χ3v) is 6.79. The number of carbonyl (C=O) groups is 1. The zero-order valence-corrected chi connectivity index (χ0v) is 21.3. The van der Waals surface area contributed by atoms with Crippen molar-refractivity contribution in [2.45, 2.75) is 9.79 Å². The van der Waals surface area contributed by atoms with Gasteiger partial charge in [-0.3, -0.25) is 9.35 Å². The summed E-state index contributed by atoms with van der Waals surface area (Å²) in [5.41, 5.74) is 0.157. The van der Waals surface area contributed by atoms with Crippen molar-refractivity contribution in [3.05, 3.63) is 72.6 Å². The largest absolute Gasteiger partial charge is 0.744 e. The summed E-state index contributed by atoms with van der Waals surface area (Å²) in [7, 11) is -7.04. The van der Waals surface area contributed by atoms with Crippen LogP contribution in [0.2, 0.25) is 0 Å². The molecule has 0 aliphatic heterocycles. The topological polar surface area (TPSA) is 194 Å². The van der Waals surface area contributed by atoms with Gasteiger partial charge in [0.15, 0.2) is 17.2 Å². The van der Waals surface area contributed by atoms with E-state index in [0.29, 0.717) is 5.69 Å². The fourth-order valence-electron chi connectivity index (χ4n) is 3.36. The molecule has 1 heterocycles. The SMILES string of the molecule is COc1ccc(S(=O)(=O)O)cc1-n1nc(C(=O)Nc2ccccc2)n[n+]1-c1cc(S(=O)(=O)[O-])ccc1OC. The number of hydrogen-bond donors (Lipinski definition) is 2. The molecule has 1 amide bonds. The Labute approximate surface area is 216 Å². The van der Waals surface area contributed by atoms with Crippen molar-refractivity contribution in [2.24, 2.45) is 0 Å². The Kier molecular flexibility index (Phi) is 7.14. The van der Waals surface area contributed by atoms with Crippen LogP contribution >= 0.6 is 0 Å². The highest BCUT2D eigenvalue weighted by Crippen LogP contribution is 2.27. The number of methoxy groups -OCH3 is 2. The molecule has 0 fully saturated rings. The minimum Gasteiger partial charge on any atom is -0.744 e. The number of anilines is 1. The summed E-state index contributed by atoms with van der Waals surface area (Å²) in [5, 5.41) is 10.9. The summed E-state index contributed by atoms with van der Waals surface area (Å²) < 4.78 is 79.0. The molecule has 0 spiro atoms. The Balaban J connectivity index is 2.00. The van der Waals surface area contributed by atoms with Crippen LogP contribution in [0.15, 0.2) is 76.5 Å². The van der Waals surface area contributed by atoms with E-state index in [9.17, 15) is 30.7 Å². The van der Waals surface area contributed by atoms with Gasteiger partial charge in [0.25, 0.3) is 10.1 Å². The summed E-state index contributed by atoms with van der Waals surface area (Å²) in [6, 6.07) is 14.8. The van der Waals surface area contributed by atoms with Crippen molar-refractivity contribution in [1.29, 1.82) is 0 Å². The van der Waals surface area contributed by atoms with Gasteiger partial charge >= 0.3 is 11.7 Å². The second-order valence-corrected chi connectivity index (χ2v) is 10.3. The Hall–Kier alpha value is -4.38. The molecule has 16 heteroatoms. The van der Waals surface area contributed by atoms with E-state index in [1.807, 2.05) is 0 Å². The first-order valence-corrected chi connectivity index (χ1v) is 13.3. The van der Waals surface area contributed by atoms with Gasteiger partial charge in [-0.05, 0) is 47.3 Å². The maximum Gasteiger partial charge on any atom is 0.397 e. The number of nitrogens with one attached hydrogen (secondary N) is 1. The number of nitrogens with zero attached hydrogens (tertiary/aromatic N) is 4. The second kappa shape index (κ2) is 10.2. The van der Waals surface area contributed by atoms with Crippen LogP contribution in [-0.2, 0) is 20.2 Å². The average molecular weight is 562 g/mol. The fourth-order valence-corrected chi connectivity index (χ4v) is 4.35. The van der Waals surface area contributed by atoms with E-state index in [1.54, 1.807) is 30.3 Å². The zero-order chi connectivity index (χ0) is 27.7. The van der Waals surface area contributed by atoms with Crippen LogP contribution in [-0.4, -0.2) is 61.1 Å². The number of benzene rings is 3. The number of tetrazole rings is 1. The highest BCUT2D eigenvalue weighted by atomic mass is 32.2. The molecule has 0 saturated carbocycles. The number of rotatable bonds is 8.